The fourth-order valence-corrected chi connectivity index (χ4v) is 2.92. The van der Waals surface area contributed by atoms with E-state index in [-0.39, 0.29) is 18.1 Å². The molecular formula is C20H23NO2. The quantitative estimate of drug-likeness (QED) is 0.632. The summed E-state index contributed by atoms with van der Waals surface area (Å²) < 4.78 is 5.60. The van der Waals surface area contributed by atoms with Crippen LogP contribution < -0.4 is 0 Å². The van der Waals surface area contributed by atoms with Gasteiger partial charge in [0.2, 0.25) is 0 Å². The van der Waals surface area contributed by atoms with Crippen LogP contribution in [0.3, 0.4) is 0 Å². The van der Waals surface area contributed by atoms with Gasteiger partial charge in [0.05, 0.1) is 6.04 Å². The van der Waals surface area contributed by atoms with Gasteiger partial charge in [0, 0.05) is 6.54 Å². The molecule has 0 bridgehead atoms. The summed E-state index contributed by atoms with van der Waals surface area (Å²) in [5.74, 6) is -0.137. The molecule has 3 nitrogen and oxygen atoms in total. The second-order valence-corrected chi connectivity index (χ2v) is 6.99. The van der Waals surface area contributed by atoms with E-state index < -0.39 is 5.60 Å². The molecule has 2 aromatic carbocycles. The predicted molar refractivity (Wildman–Crippen MR) is 90.8 cm³/mol. The molecule has 0 saturated carbocycles. The largest absolute Gasteiger partial charge is 0.459 e. The lowest BCUT2D eigenvalue weighted by molar-refractivity contribution is -0.155. The zero-order valence-electron chi connectivity index (χ0n) is 13.9. The van der Waals surface area contributed by atoms with Crippen molar-refractivity contribution in [2.45, 2.75) is 45.0 Å². The Morgan fingerprint density at radius 2 is 1.57 bits per heavy atom. The van der Waals surface area contributed by atoms with Crippen molar-refractivity contribution >= 4 is 5.97 Å². The maximum Gasteiger partial charge on any atom is 0.325 e. The minimum atomic E-state index is -0.459. The second-order valence-electron chi connectivity index (χ2n) is 6.99. The monoisotopic (exact) mass is 309 g/mol. The van der Waals surface area contributed by atoms with Gasteiger partial charge >= 0.3 is 5.97 Å². The van der Waals surface area contributed by atoms with Crippen molar-refractivity contribution in [3.8, 4) is 0 Å². The van der Waals surface area contributed by atoms with Crippen molar-refractivity contribution in [1.82, 2.24) is 4.90 Å². The van der Waals surface area contributed by atoms with Gasteiger partial charge in [0.1, 0.15) is 11.6 Å². The molecule has 1 aliphatic rings. The molecule has 120 valence electrons. The van der Waals surface area contributed by atoms with Gasteiger partial charge in [-0.3, -0.25) is 9.69 Å². The van der Waals surface area contributed by atoms with Crippen molar-refractivity contribution in [3.05, 3.63) is 71.8 Å². The van der Waals surface area contributed by atoms with Crippen molar-refractivity contribution in [1.29, 1.82) is 0 Å². The number of carbonyl (C=O) groups is 1. The molecule has 0 amide bonds. The average Bonchev–Trinajstić information content (AvgIpc) is 3.21. The molecule has 0 aliphatic carbocycles. The molecule has 3 atom stereocenters. The van der Waals surface area contributed by atoms with E-state index in [1.54, 1.807) is 0 Å². The summed E-state index contributed by atoms with van der Waals surface area (Å²) in [5, 5.41) is 0. The van der Waals surface area contributed by atoms with Crippen LogP contribution in [0.15, 0.2) is 60.7 Å². The smallest absolute Gasteiger partial charge is 0.325 e. The number of benzene rings is 2. The molecule has 23 heavy (non-hydrogen) atoms. The van der Waals surface area contributed by atoms with Crippen molar-refractivity contribution in [3.63, 3.8) is 0 Å². The molecule has 3 rings (SSSR count). The van der Waals surface area contributed by atoms with E-state index in [4.69, 9.17) is 4.74 Å². The topological polar surface area (TPSA) is 29.3 Å². The lowest BCUT2D eigenvalue weighted by Crippen LogP contribution is -2.28. The molecule has 1 aliphatic heterocycles. The van der Waals surface area contributed by atoms with Gasteiger partial charge in [-0.15, -0.1) is 0 Å². The summed E-state index contributed by atoms with van der Waals surface area (Å²) in [5.41, 5.74) is 1.91. The number of hydrogen-bond acceptors (Lipinski definition) is 3. The molecule has 0 radical (unpaired) electrons. The van der Waals surface area contributed by atoms with Crippen LogP contribution in [0.25, 0.3) is 0 Å². The third-order valence-corrected chi connectivity index (χ3v) is 3.92. The standard InChI is InChI=1S/C20H23NO2/c1-20(2,3)23-19(22)18-17(16-12-8-5-9-13-16)21(18)14-15-10-6-4-7-11-15/h4-13,17-18H,14H2,1-3H3/t17-,18-,21?/m0/s1. The highest BCUT2D eigenvalue weighted by Gasteiger charge is 2.54. The van der Waals surface area contributed by atoms with Crippen molar-refractivity contribution in [2.75, 3.05) is 0 Å². The summed E-state index contributed by atoms with van der Waals surface area (Å²) in [4.78, 5) is 14.7. The van der Waals surface area contributed by atoms with Gasteiger partial charge in [-0.1, -0.05) is 60.7 Å². The highest BCUT2D eigenvalue weighted by molar-refractivity contribution is 5.81. The van der Waals surface area contributed by atoms with Crippen LogP contribution in [0.5, 0.6) is 0 Å². The predicted octanol–water partition coefficient (Wildman–Crippen LogP) is 3.95. The fraction of sp³-hybridized carbons (Fsp3) is 0.350. The Kier molecular flexibility index (Phi) is 4.22. The number of carbonyl (C=O) groups excluding carboxylic acids is 1. The molecule has 1 unspecified atom stereocenters. The third-order valence-electron chi connectivity index (χ3n) is 3.92. The first-order valence-corrected chi connectivity index (χ1v) is 8.03. The molecule has 3 heteroatoms. The zero-order chi connectivity index (χ0) is 16.4. The first-order valence-electron chi connectivity index (χ1n) is 8.03. The van der Waals surface area contributed by atoms with Gasteiger partial charge < -0.3 is 4.74 Å². The summed E-state index contributed by atoms with van der Waals surface area (Å²) in [6.45, 7) is 6.48. The highest BCUT2D eigenvalue weighted by atomic mass is 16.6. The fourth-order valence-electron chi connectivity index (χ4n) is 2.92. The highest BCUT2D eigenvalue weighted by Crippen LogP contribution is 2.45. The van der Waals surface area contributed by atoms with Gasteiger partial charge in [-0.25, -0.2) is 0 Å². The number of ether oxygens (including phenoxy) is 1. The third kappa shape index (κ3) is 3.80. The number of esters is 1. The van der Waals surface area contributed by atoms with E-state index in [2.05, 4.69) is 29.2 Å². The maximum absolute atomic E-state index is 12.5. The van der Waals surface area contributed by atoms with Gasteiger partial charge in [-0.2, -0.15) is 0 Å². The lowest BCUT2D eigenvalue weighted by Gasteiger charge is -2.19. The van der Waals surface area contributed by atoms with Gasteiger partial charge in [0.15, 0.2) is 0 Å². The summed E-state index contributed by atoms with van der Waals surface area (Å²) >= 11 is 0. The lowest BCUT2D eigenvalue weighted by atomic mass is 10.1. The SMILES string of the molecule is CC(C)(C)OC(=O)[C@@H]1[C@H](c2ccccc2)N1Cc1ccccc1. The van der Waals surface area contributed by atoms with Crippen LogP contribution in [-0.2, 0) is 16.1 Å². The molecule has 1 saturated heterocycles. The van der Waals surface area contributed by atoms with Crippen LogP contribution >= 0.6 is 0 Å². The summed E-state index contributed by atoms with van der Waals surface area (Å²) in [6.07, 6.45) is 0. The van der Waals surface area contributed by atoms with E-state index in [1.807, 2.05) is 57.2 Å². The summed E-state index contributed by atoms with van der Waals surface area (Å²) in [6, 6.07) is 20.3. The van der Waals surface area contributed by atoms with E-state index >= 15 is 0 Å². The first kappa shape index (κ1) is 15.8. The summed E-state index contributed by atoms with van der Waals surface area (Å²) in [7, 11) is 0. The molecule has 1 heterocycles. The Bertz CT molecular complexity index is 661. The van der Waals surface area contributed by atoms with E-state index in [0.717, 1.165) is 6.54 Å². The molecule has 0 N–H and O–H groups in total. The Labute approximate surface area is 137 Å². The Balaban J connectivity index is 1.79. The van der Waals surface area contributed by atoms with Crippen LogP contribution in [0.1, 0.15) is 37.9 Å². The Morgan fingerprint density at radius 1 is 1.00 bits per heavy atom. The Hall–Kier alpha value is -2.13. The minimum absolute atomic E-state index is 0.103. The molecular weight excluding hydrogens is 286 g/mol. The maximum atomic E-state index is 12.5. The number of nitrogens with zero attached hydrogens (tertiary/aromatic N) is 1. The first-order chi connectivity index (χ1) is 11.0. The minimum Gasteiger partial charge on any atom is -0.459 e. The average molecular weight is 309 g/mol. The van der Waals surface area contributed by atoms with Crippen LogP contribution in [0.4, 0.5) is 0 Å². The van der Waals surface area contributed by atoms with Crippen LogP contribution in [0, 0.1) is 0 Å². The normalized spacial score (nSPS) is 23.3. The van der Waals surface area contributed by atoms with Crippen LogP contribution in [-0.4, -0.2) is 22.5 Å². The molecule has 1 fully saturated rings. The van der Waals surface area contributed by atoms with Crippen LogP contribution in [0.2, 0.25) is 0 Å². The second kappa shape index (κ2) is 6.17. The Morgan fingerprint density at radius 3 is 2.13 bits per heavy atom. The number of hydrogen-bond donors (Lipinski definition) is 0. The van der Waals surface area contributed by atoms with E-state index in [9.17, 15) is 4.79 Å². The van der Waals surface area contributed by atoms with Gasteiger partial charge in [-0.05, 0) is 31.9 Å². The number of rotatable bonds is 4. The van der Waals surface area contributed by atoms with Gasteiger partial charge in [0.25, 0.3) is 0 Å². The van der Waals surface area contributed by atoms with E-state index in [0.29, 0.717) is 0 Å². The van der Waals surface area contributed by atoms with E-state index in [1.165, 1.54) is 11.1 Å². The van der Waals surface area contributed by atoms with Crippen molar-refractivity contribution < 1.29 is 9.53 Å². The molecule has 2 aromatic rings. The van der Waals surface area contributed by atoms with Crippen molar-refractivity contribution in [2.24, 2.45) is 0 Å². The molecule has 0 spiro atoms. The zero-order valence-corrected chi connectivity index (χ0v) is 13.9. The molecule has 0 aromatic heterocycles.